The van der Waals surface area contributed by atoms with Crippen molar-refractivity contribution < 1.29 is 4.79 Å². The molecule has 0 bridgehead atoms. The van der Waals surface area contributed by atoms with Crippen LogP contribution in [0.15, 0.2) is 18.2 Å². The van der Waals surface area contributed by atoms with Gasteiger partial charge in [-0.05, 0) is 31.9 Å². The molecule has 0 atom stereocenters. The summed E-state index contributed by atoms with van der Waals surface area (Å²) in [6.45, 7) is 10.3. The maximum Gasteiger partial charge on any atom is 0.236 e. The molecule has 26 heavy (non-hydrogen) atoms. The fourth-order valence-corrected chi connectivity index (χ4v) is 4.22. The minimum atomic E-state index is 0.306. The SMILES string of the molecule is Cc1cccc(N2CCN(CC(=O)N3CCN(C4CCC4)CC3)CC2)n1. The van der Waals surface area contributed by atoms with Crippen LogP contribution in [-0.2, 0) is 4.79 Å². The van der Waals surface area contributed by atoms with Crippen molar-refractivity contribution >= 4 is 11.7 Å². The highest BCUT2D eigenvalue weighted by Gasteiger charge is 2.30. The first-order valence-corrected chi connectivity index (χ1v) is 10.1. The Kier molecular flexibility index (Phi) is 5.41. The summed E-state index contributed by atoms with van der Waals surface area (Å²) in [6, 6.07) is 6.98. The standard InChI is InChI=1S/C20H31N5O/c1-17-4-2-7-19(21-17)24-10-8-22(9-11-24)16-20(26)25-14-12-23(13-15-25)18-5-3-6-18/h2,4,7,18H,3,5-6,8-16H2,1H3. The number of piperazine rings is 2. The van der Waals surface area contributed by atoms with Crippen LogP contribution in [0, 0.1) is 6.92 Å². The maximum absolute atomic E-state index is 12.7. The number of aryl methyl sites for hydroxylation is 1. The van der Waals surface area contributed by atoms with Gasteiger partial charge in [0.05, 0.1) is 6.54 Å². The molecule has 2 saturated heterocycles. The summed E-state index contributed by atoms with van der Waals surface area (Å²) in [6.07, 6.45) is 4.09. The molecule has 2 aliphatic heterocycles. The Balaban J connectivity index is 1.21. The summed E-state index contributed by atoms with van der Waals surface area (Å²) in [5.41, 5.74) is 1.06. The molecular formula is C20H31N5O. The van der Waals surface area contributed by atoms with Crippen LogP contribution in [0.1, 0.15) is 25.0 Å². The van der Waals surface area contributed by atoms with E-state index in [4.69, 9.17) is 0 Å². The van der Waals surface area contributed by atoms with Crippen molar-refractivity contribution in [2.24, 2.45) is 0 Å². The van der Waals surface area contributed by atoms with E-state index in [2.05, 4.69) is 36.7 Å². The van der Waals surface area contributed by atoms with Gasteiger partial charge in [0.2, 0.25) is 5.91 Å². The van der Waals surface area contributed by atoms with Crippen LogP contribution in [0.3, 0.4) is 0 Å². The van der Waals surface area contributed by atoms with Gasteiger partial charge in [-0.2, -0.15) is 0 Å². The lowest BCUT2D eigenvalue weighted by Gasteiger charge is -2.43. The van der Waals surface area contributed by atoms with E-state index in [0.29, 0.717) is 12.5 Å². The van der Waals surface area contributed by atoms with E-state index in [1.165, 1.54) is 19.3 Å². The first-order chi connectivity index (χ1) is 12.7. The van der Waals surface area contributed by atoms with E-state index in [1.54, 1.807) is 0 Å². The van der Waals surface area contributed by atoms with Gasteiger partial charge in [-0.1, -0.05) is 12.5 Å². The van der Waals surface area contributed by atoms with Gasteiger partial charge in [0.1, 0.15) is 5.82 Å². The highest BCUT2D eigenvalue weighted by Crippen LogP contribution is 2.25. The third kappa shape index (κ3) is 4.01. The van der Waals surface area contributed by atoms with Crippen LogP contribution in [-0.4, -0.2) is 90.5 Å². The monoisotopic (exact) mass is 357 g/mol. The lowest BCUT2D eigenvalue weighted by atomic mass is 9.91. The van der Waals surface area contributed by atoms with Gasteiger partial charge < -0.3 is 9.80 Å². The Labute approximate surface area is 156 Å². The normalized spacial score (nSPS) is 23.1. The molecule has 3 aliphatic rings. The van der Waals surface area contributed by atoms with Gasteiger partial charge in [-0.25, -0.2) is 4.98 Å². The predicted octanol–water partition coefficient (Wildman–Crippen LogP) is 1.21. The summed E-state index contributed by atoms with van der Waals surface area (Å²) >= 11 is 0. The second-order valence-corrected chi connectivity index (χ2v) is 7.90. The highest BCUT2D eigenvalue weighted by molar-refractivity contribution is 5.78. The molecule has 3 fully saturated rings. The molecular weight excluding hydrogens is 326 g/mol. The number of pyridine rings is 1. The lowest BCUT2D eigenvalue weighted by molar-refractivity contribution is -0.134. The smallest absolute Gasteiger partial charge is 0.236 e. The number of carbonyl (C=O) groups excluding carboxylic acids is 1. The maximum atomic E-state index is 12.7. The molecule has 6 nitrogen and oxygen atoms in total. The second-order valence-electron chi connectivity index (χ2n) is 7.90. The zero-order chi connectivity index (χ0) is 17.9. The quantitative estimate of drug-likeness (QED) is 0.810. The number of hydrogen-bond acceptors (Lipinski definition) is 5. The van der Waals surface area contributed by atoms with E-state index >= 15 is 0 Å². The van der Waals surface area contributed by atoms with E-state index in [-0.39, 0.29) is 0 Å². The molecule has 1 saturated carbocycles. The van der Waals surface area contributed by atoms with Crippen molar-refractivity contribution in [3.8, 4) is 0 Å². The number of aromatic nitrogens is 1. The van der Waals surface area contributed by atoms with Crippen molar-refractivity contribution in [3.05, 3.63) is 23.9 Å². The molecule has 6 heteroatoms. The Morgan fingerprint density at radius 3 is 2.38 bits per heavy atom. The number of anilines is 1. The molecule has 0 unspecified atom stereocenters. The summed E-state index contributed by atoms with van der Waals surface area (Å²) in [7, 11) is 0. The van der Waals surface area contributed by atoms with Gasteiger partial charge in [0.25, 0.3) is 0 Å². The Morgan fingerprint density at radius 2 is 1.77 bits per heavy atom. The highest BCUT2D eigenvalue weighted by atomic mass is 16.2. The predicted molar refractivity (Wildman–Crippen MR) is 103 cm³/mol. The lowest BCUT2D eigenvalue weighted by Crippen LogP contribution is -2.56. The molecule has 0 radical (unpaired) electrons. The minimum Gasteiger partial charge on any atom is -0.354 e. The van der Waals surface area contributed by atoms with Crippen LogP contribution in [0.5, 0.6) is 0 Å². The summed E-state index contributed by atoms with van der Waals surface area (Å²) in [5, 5.41) is 0. The fourth-order valence-electron chi connectivity index (χ4n) is 4.22. The Morgan fingerprint density at radius 1 is 1.04 bits per heavy atom. The Hall–Kier alpha value is -1.66. The largest absolute Gasteiger partial charge is 0.354 e. The van der Waals surface area contributed by atoms with Crippen LogP contribution in [0.2, 0.25) is 0 Å². The molecule has 1 aliphatic carbocycles. The average molecular weight is 358 g/mol. The van der Waals surface area contributed by atoms with Crippen molar-refractivity contribution in [2.45, 2.75) is 32.2 Å². The van der Waals surface area contributed by atoms with Crippen molar-refractivity contribution in [3.63, 3.8) is 0 Å². The van der Waals surface area contributed by atoms with Crippen molar-refractivity contribution in [1.29, 1.82) is 0 Å². The number of nitrogens with zero attached hydrogens (tertiary/aromatic N) is 5. The topological polar surface area (TPSA) is 42.9 Å². The average Bonchev–Trinajstić information content (AvgIpc) is 2.61. The Bertz CT molecular complexity index is 616. The van der Waals surface area contributed by atoms with Gasteiger partial charge >= 0.3 is 0 Å². The molecule has 1 aromatic rings. The molecule has 0 N–H and O–H groups in total. The van der Waals surface area contributed by atoms with E-state index in [0.717, 1.165) is 69.9 Å². The number of amides is 1. The first kappa shape index (κ1) is 17.7. The third-order valence-corrected chi connectivity index (χ3v) is 6.19. The zero-order valence-corrected chi connectivity index (χ0v) is 15.9. The van der Waals surface area contributed by atoms with Crippen molar-refractivity contribution in [2.75, 3.05) is 63.8 Å². The summed E-state index contributed by atoms with van der Waals surface area (Å²) in [4.78, 5) is 26.6. The van der Waals surface area contributed by atoms with Crippen LogP contribution < -0.4 is 4.90 Å². The molecule has 142 valence electrons. The minimum absolute atomic E-state index is 0.306. The van der Waals surface area contributed by atoms with E-state index in [9.17, 15) is 4.79 Å². The molecule has 0 aromatic carbocycles. The number of rotatable bonds is 4. The molecule has 3 heterocycles. The van der Waals surface area contributed by atoms with Gasteiger partial charge in [0.15, 0.2) is 0 Å². The van der Waals surface area contributed by atoms with Crippen LogP contribution >= 0.6 is 0 Å². The number of carbonyl (C=O) groups is 1. The summed E-state index contributed by atoms with van der Waals surface area (Å²) < 4.78 is 0. The van der Waals surface area contributed by atoms with Gasteiger partial charge in [-0.3, -0.25) is 14.6 Å². The zero-order valence-electron chi connectivity index (χ0n) is 15.9. The van der Waals surface area contributed by atoms with E-state index in [1.807, 2.05) is 13.0 Å². The fraction of sp³-hybridized carbons (Fsp3) is 0.700. The third-order valence-electron chi connectivity index (χ3n) is 6.19. The molecule has 1 aromatic heterocycles. The molecule has 0 spiro atoms. The van der Waals surface area contributed by atoms with Crippen molar-refractivity contribution in [1.82, 2.24) is 19.7 Å². The first-order valence-electron chi connectivity index (χ1n) is 10.1. The van der Waals surface area contributed by atoms with Gasteiger partial charge in [0, 0.05) is 64.1 Å². The molecule has 1 amide bonds. The summed E-state index contributed by atoms with van der Waals surface area (Å²) in [5.74, 6) is 1.36. The van der Waals surface area contributed by atoms with Crippen LogP contribution in [0.4, 0.5) is 5.82 Å². The number of hydrogen-bond donors (Lipinski definition) is 0. The van der Waals surface area contributed by atoms with E-state index < -0.39 is 0 Å². The second kappa shape index (κ2) is 7.92. The molecule has 4 rings (SSSR count). The van der Waals surface area contributed by atoms with Gasteiger partial charge in [-0.15, -0.1) is 0 Å². The van der Waals surface area contributed by atoms with Crippen LogP contribution in [0.25, 0.3) is 0 Å².